The Labute approximate surface area is 170 Å². The van der Waals surface area contributed by atoms with Crippen LogP contribution in [0.5, 0.6) is 0 Å². The van der Waals surface area contributed by atoms with E-state index in [1.807, 2.05) is 13.8 Å². The lowest BCUT2D eigenvalue weighted by Gasteiger charge is -2.56. The van der Waals surface area contributed by atoms with Gasteiger partial charge in [-0.1, -0.05) is 13.8 Å². The summed E-state index contributed by atoms with van der Waals surface area (Å²) < 4.78 is 14.6. The van der Waals surface area contributed by atoms with Crippen molar-refractivity contribution in [2.24, 2.45) is 23.2 Å². The van der Waals surface area contributed by atoms with E-state index in [1.54, 1.807) is 6.20 Å². The minimum Gasteiger partial charge on any atom is -0.351 e. The fraction of sp³-hybridized carbons (Fsp3) is 0.636. The molecule has 1 amide bonds. The van der Waals surface area contributed by atoms with Crippen molar-refractivity contribution in [2.75, 3.05) is 6.54 Å². The van der Waals surface area contributed by atoms with E-state index in [-0.39, 0.29) is 17.8 Å². The molecule has 0 radical (unpaired) electrons. The molecular weight excluding hydrogens is 369 g/mol. The Hall–Kier alpha value is -2.31. The molecule has 0 aliphatic heterocycles. The summed E-state index contributed by atoms with van der Waals surface area (Å²) in [4.78, 5) is 21.1. The van der Waals surface area contributed by atoms with Gasteiger partial charge in [-0.15, -0.1) is 0 Å². The summed E-state index contributed by atoms with van der Waals surface area (Å²) in [5, 5.41) is 7.75. The van der Waals surface area contributed by atoms with Crippen molar-refractivity contribution in [2.45, 2.75) is 58.3 Å². The van der Waals surface area contributed by atoms with Crippen LogP contribution < -0.4 is 5.32 Å². The van der Waals surface area contributed by atoms with Crippen LogP contribution in [-0.2, 0) is 0 Å². The Morgan fingerprint density at radius 3 is 2.31 bits per heavy atom. The number of carbonyl (C=O) groups excluding carboxylic acids is 1. The minimum absolute atomic E-state index is 0.0806. The van der Waals surface area contributed by atoms with Crippen LogP contribution in [0.4, 0.5) is 4.39 Å². The zero-order chi connectivity index (χ0) is 20.2. The van der Waals surface area contributed by atoms with Crippen LogP contribution in [-0.4, -0.2) is 32.2 Å². The van der Waals surface area contributed by atoms with Gasteiger partial charge in [0.2, 0.25) is 0 Å². The number of amides is 1. The lowest BCUT2D eigenvalue weighted by molar-refractivity contribution is -0.0503. The lowest BCUT2D eigenvalue weighted by Crippen LogP contribution is -2.51. The predicted octanol–water partition coefficient (Wildman–Crippen LogP) is 3.87. The molecule has 1 N–H and O–H groups in total. The van der Waals surface area contributed by atoms with Crippen LogP contribution in [0.2, 0.25) is 0 Å². The molecule has 0 spiro atoms. The average molecular weight is 397 g/mol. The molecule has 4 bridgehead atoms. The van der Waals surface area contributed by atoms with Crippen molar-refractivity contribution < 1.29 is 9.18 Å². The molecule has 4 aliphatic rings. The third-order valence-electron chi connectivity index (χ3n) is 7.13. The van der Waals surface area contributed by atoms with Crippen LogP contribution in [0, 0.1) is 29.0 Å². The number of hydrogen-bond acceptors (Lipinski definition) is 4. The Morgan fingerprint density at radius 1 is 1.17 bits per heavy atom. The maximum absolute atomic E-state index is 13.1. The molecule has 2 aromatic heterocycles. The van der Waals surface area contributed by atoms with Crippen LogP contribution in [0.3, 0.4) is 0 Å². The molecule has 4 saturated carbocycles. The van der Waals surface area contributed by atoms with Gasteiger partial charge >= 0.3 is 0 Å². The van der Waals surface area contributed by atoms with Gasteiger partial charge in [0.05, 0.1) is 23.7 Å². The average Bonchev–Trinajstić information content (AvgIpc) is 3.11. The van der Waals surface area contributed by atoms with Crippen LogP contribution in [0.1, 0.15) is 74.3 Å². The summed E-state index contributed by atoms with van der Waals surface area (Å²) in [6.07, 6.45) is 11.9. The number of halogens is 1. The monoisotopic (exact) mass is 397 g/mol. The van der Waals surface area contributed by atoms with Gasteiger partial charge in [0.1, 0.15) is 0 Å². The van der Waals surface area contributed by atoms with Crippen molar-refractivity contribution in [1.29, 1.82) is 0 Å². The Bertz CT molecular complexity index is 884. The van der Waals surface area contributed by atoms with Crippen molar-refractivity contribution in [3.8, 4) is 5.95 Å². The largest absolute Gasteiger partial charge is 0.351 e. The Kier molecular flexibility index (Phi) is 4.44. The summed E-state index contributed by atoms with van der Waals surface area (Å²) in [6, 6.07) is 0. The molecule has 6 nitrogen and oxygen atoms in total. The van der Waals surface area contributed by atoms with Gasteiger partial charge in [0.15, 0.2) is 5.82 Å². The first-order valence-electron chi connectivity index (χ1n) is 10.8. The SMILES string of the molecule is CC(C)c1nn(-c2ncc(F)cn2)cc1C(=O)NCC12CC3CC(CC(C3)C1)C2. The second kappa shape index (κ2) is 6.89. The summed E-state index contributed by atoms with van der Waals surface area (Å²) in [7, 11) is 0. The van der Waals surface area contributed by atoms with Gasteiger partial charge in [-0.05, 0) is 67.6 Å². The highest BCUT2D eigenvalue weighted by Gasteiger charge is 2.50. The highest BCUT2D eigenvalue weighted by molar-refractivity contribution is 5.95. The molecule has 7 heteroatoms. The van der Waals surface area contributed by atoms with E-state index < -0.39 is 5.82 Å². The highest BCUT2D eigenvalue weighted by atomic mass is 19.1. The Morgan fingerprint density at radius 2 is 1.76 bits per heavy atom. The summed E-state index contributed by atoms with van der Waals surface area (Å²) in [6.45, 7) is 4.77. The first-order chi connectivity index (χ1) is 13.9. The normalized spacial score (nSPS) is 30.1. The van der Waals surface area contributed by atoms with Crippen molar-refractivity contribution in [1.82, 2.24) is 25.1 Å². The van der Waals surface area contributed by atoms with Crippen LogP contribution in [0.15, 0.2) is 18.6 Å². The first kappa shape index (κ1) is 18.7. The van der Waals surface area contributed by atoms with Gasteiger partial charge in [-0.3, -0.25) is 4.79 Å². The van der Waals surface area contributed by atoms with Gasteiger partial charge in [-0.25, -0.2) is 19.0 Å². The van der Waals surface area contributed by atoms with E-state index in [1.165, 1.54) is 43.2 Å². The molecule has 29 heavy (non-hydrogen) atoms. The smallest absolute Gasteiger partial charge is 0.254 e. The molecule has 2 aromatic rings. The maximum Gasteiger partial charge on any atom is 0.254 e. The molecule has 154 valence electrons. The summed E-state index contributed by atoms with van der Waals surface area (Å²) in [5.41, 5.74) is 1.55. The molecule has 0 saturated heterocycles. The second-order valence-electron chi connectivity index (χ2n) is 9.83. The molecule has 0 unspecified atom stereocenters. The van der Waals surface area contributed by atoms with E-state index in [2.05, 4.69) is 20.4 Å². The zero-order valence-corrected chi connectivity index (χ0v) is 17.1. The van der Waals surface area contributed by atoms with Gasteiger partial charge in [-0.2, -0.15) is 5.10 Å². The van der Waals surface area contributed by atoms with Gasteiger partial charge in [0.25, 0.3) is 11.9 Å². The number of rotatable bonds is 5. The third kappa shape index (κ3) is 3.45. The number of nitrogens with zero attached hydrogens (tertiary/aromatic N) is 4. The summed E-state index contributed by atoms with van der Waals surface area (Å²) >= 11 is 0. The van der Waals surface area contributed by atoms with Crippen molar-refractivity contribution >= 4 is 5.91 Å². The van der Waals surface area contributed by atoms with Crippen LogP contribution in [0.25, 0.3) is 5.95 Å². The highest BCUT2D eigenvalue weighted by Crippen LogP contribution is 2.59. The topological polar surface area (TPSA) is 72.7 Å². The predicted molar refractivity (Wildman–Crippen MR) is 106 cm³/mol. The molecule has 2 heterocycles. The molecule has 4 fully saturated rings. The lowest BCUT2D eigenvalue weighted by atomic mass is 9.49. The number of nitrogens with one attached hydrogen (secondary N) is 1. The van der Waals surface area contributed by atoms with E-state index in [4.69, 9.17) is 0 Å². The molecular formula is C22H28FN5O. The first-order valence-corrected chi connectivity index (χ1v) is 10.8. The molecule has 6 rings (SSSR count). The van der Waals surface area contributed by atoms with Gasteiger partial charge < -0.3 is 5.32 Å². The van der Waals surface area contributed by atoms with Crippen molar-refractivity contribution in [3.05, 3.63) is 35.7 Å². The summed E-state index contributed by atoms with van der Waals surface area (Å²) in [5.74, 6) is 2.34. The van der Waals surface area contributed by atoms with Gasteiger partial charge in [0, 0.05) is 12.7 Å². The number of aromatic nitrogens is 4. The molecule has 0 atom stereocenters. The van der Waals surface area contributed by atoms with E-state index >= 15 is 0 Å². The molecule has 0 aromatic carbocycles. The van der Waals surface area contributed by atoms with E-state index in [0.717, 1.165) is 36.7 Å². The second-order valence-corrected chi connectivity index (χ2v) is 9.83. The number of hydrogen-bond donors (Lipinski definition) is 1. The quantitative estimate of drug-likeness (QED) is 0.831. The Balaban J connectivity index is 1.35. The zero-order valence-electron chi connectivity index (χ0n) is 17.1. The standard InChI is InChI=1S/C22H28FN5O/c1-13(2)19-18(11-28(27-19)21-24-9-17(23)10-25-21)20(29)26-12-22-6-14-3-15(7-22)5-16(4-14)8-22/h9-11,13-16H,3-8,12H2,1-2H3,(H,26,29). The maximum atomic E-state index is 13.1. The van der Waals surface area contributed by atoms with Crippen molar-refractivity contribution in [3.63, 3.8) is 0 Å². The fourth-order valence-electron chi connectivity index (χ4n) is 6.38. The van der Waals surface area contributed by atoms with Crippen LogP contribution >= 0.6 is 0 Å². The molecule has 4 aliphatic carbocycles. The third-order valence-corrected chi connectivity index (χ3v) is 7.13. The number of carbonyl (C=O) groups is 1. The van der Waals surface area contributed by atoms with E-state index in [0.29, 0.717) is 16.7 Å². The fourth-order valence-corrected chi connectivity index (χ4v) is 6.38. The minimum atomic E-state index is -0.501. The van der Waals surface area contributed by atoms with E-state index in [9.17, 15) is 9.18 Å².